The second kappa shape index (κ2) is 5.77. The maximum absolute atomic E-state index is 12.3. The van der Waals surface area contributed by atoms with Crippen molar-refractivity contribution in [2.75, 3.05) is 6.54 Å². The molecule has 4 heterocycles. The predicted octanol–water partition coefficient (Wildman–Crippen LogP) is 1.38. The standard InChI is InChI=1S/C16H15N5O2/c22-16-13-3-4-21(8-12-2-1-5-23-12)9-14(13)19-15(20-16)11-6-17-10-18-7-11/h1-2,5-7,10H,3-4,8-9H2,(H,19,20,22). The Kier molecular flexibility index (Phi) is 3.47. The van der Waals surface area contributed by atoms with Crippen molar-refractivity contribution < 1.29 is 4.42 Å². The molecule has 1 N–H and O–H groups in total. The summed E-state index contributed by atoms with van der Waals surface area (Å²) in [4.78, 5) is 29.9. The third kappa shape index (κ3) is 2.78. The normalized spacial score (nSPS) is 14.6. The molecule has 0 saturated carbocycles. The molecule has 1 aliphatic rings. The molecule has 7 nitrogen and oxygen atoms in total. The SMILES string of the molecule is O=c1[nH]c(-c2cncnc2)nc2c1CCN(Cc1ccco1)C2. The van der Waals surface area contributed by atoms with Crippen LogP contribution in [-0.4, -0.2) is 31.4 Å². The highest BCUT2D eigenvalue weighted by Gasteiger charge is 2.22. The zero-order valence-electron chi connectivity index (χ0n) is 12.4. The molecule has 1 aliphatic heterocycles. The summed E-state index contributed by atoms with van der Waals surface area (Å²) in [5.41, 5.74) is 2.20. The maximum atomic E-state index is 12.3. The summed E-state index contributed by atoms with van der Waals surface area (Å²) in [6.07, 6.45) is 7.08. The fraction of sp³-hybridized carbons (Fsp3) is 0.250. The number of nitrogens with zero attached hydrogens (tertiary/aromatic N) is 4. The zero-order valence-corrected chi connectivity index (χ0v) is 12.4. The van der Waals surface area contributed by atoms with Gasteiger partial charge in [-0.05, 0) is 18.6 Å². The van der Waals surface area contributed by atoms with Gasteiger partial charge in [-0.1, -0.05) is 0 Å². The van der Waals surface area contributed by atoms with E-state index in [9.17, 15) is 4.79 Å². The van der Waals surface area contributed by atoms with Gasteiger partial charge in [0.25, 0.3) is 5.56 Å². The Labute approximate surface area is 132 Å². The number of aromatic nitrogens is 4. The van der Waals surface area contributed by atoms with E-state index in [2.05, 4.69) is 24.8 Å². The van der Waals surface area contributed by atoms with Gasteiger partial charge in [0, 0.05) is 31.0 Å². The Morgan fingerprint density at radius 2 is 2.17 bits per heavy atom. The molecule has 0 amide bonds. The highest BCUT2D eigenvalue weighted by molar-refractivity contribution is 5.52. The van der Waals surface area contributed by atoms with Crippen molar-refractivity contribution in [3.8, 4) is 11.4 Å². The molecule has 23 heavy (non-hydrogen) atoms. The van der Waals surface area contributed by atoms with Gasteiger partial charge in [0.1, 0.15) is 17.9 Å². The van der Waals surface area contributed by atoms with Crippen LogP contribution in [0.15, 0.2) is 46.3 Å². The number of fused-ring (bicyclic) bond motifs is 1. The second-order valence-corrected chi connectivity index (χ2v) is 5.51. The van der Waals surface area contributed by atoms with E-state index < -0.39 is 0 Å². The van der Waals surface area contributed by atoms with E-state index >= 15 is 0 Å². The van der Waals surface area contributed by atoms with E-state index in [1.165, 1.54) is 6.33 Å². The number of hydrogen-bond donors (Lipinski definition) is 1. The number of aromatic amines is 1. The van der Waals surface area contributed by atoms with Gasteiger partial charge in [0.15, 0.2) is 0 Å². The molecule has 3 aromatic rings. The Morgan fingerprint density at radius 1 is 1.30 bits per heavy atom. The first-order chi connectivity index (χ1) is 11.3. The van der Waals surface area contributed by atoms with E-state index in [-0.39, 0.29) is 5.56 Å². The molecule has 0 bridgehead atoms. The van der Waals surface area contributed by atoms with Crippen LogP contribution in [0.2, 0.25) is 0 Å². The molecular weight excluding hydrogens is 294 g/mol. The third-order valence-corrected chi connectivity index (χ3v) is 3.95. The molecule has 4 rings (SSSR count). The smallest absolute Gasteiger partial charge is 0.254 e. The first-order valence-electron chi connectivity index (χ1n) is 7.42. The lowest BCUT2D eigenvalue weighted by atomic mass is 10.1. The number of H-pyrrole nitrogens is 1. The molecule has 0 unspecified atom stereocenters. The van der Waals surface area contributed by atoms with Crippen molar-refractivity contribution in [1.82, 2.24) is 24.8 Å². The van der Waals surface area contributed by atoms with Crippen LogP contribution in [0.1, 0.15) is 17.0 Å². The second-order valence-electron chi connectivity index (χ2n) is 5.51. The molecule has 3 aromatic heterocycles. The van der Waals surface area contributed by atoms with Crippen LogP contribution < -0.4 is 5.56 Å². The van der Waals surface area contributed by atoms with Gasteiger partial charge in [-0.15, -0.1) is 0 Å². The molecule has 0 aliphatic carbocycles. The van der Waals surface area contributed by atoms with Crippen LogP contribution in [0.4, 0.5) is 0 Å². The minimum atomic E-state index is -0.0773. The largest absolute Gasteiger partial charge is 0.468 e. The zero-order chi connectivity index (χ0) is 15.6. The van der Waals surface area contributed by atoms with Crippen LogP contribution in [0, 0.1) is 0 Å². The maximum Gasteiger partial charge on any atom is 0.254 e. The number of rotatable bonds is 3. The average Bonchev–Trinajstić information content (AvgIpc) is 3.08. The fourth-order valence-corrected chi connectivity index (χ4v) is 2.81. The van der Waals surface area contributed by atoms with Crippen molar-refractivity contribution in [3.05, 3.63) is 64.5 Å². The number of hydrogen-bond acceptors (Lipinski definition) is 6. The summed E-state index contributed by atoms with van der Waals surface area (Å²) in [5, 5.41) is 0. The Morgan fingerprint density at radius 3 is 2.96 bits per heavy atom. The molecule has 0 radical (unpaired) electrons. The van der Waals surface area contributed by atoms with Crippen molar-refractivity contribution in [3.63, 3.8) is 0 Å². The number of furan rings is 1. The summed E-state index contributed by atoms with van der Waals surface area (Å²) in [6, 6.07) is 3.83. The molecule has 0 fully saturated rings. The molecule has 0 atom stereocenters. The minimum absolute atomic E-state index is 0.0773. The molecule has 116 valence electrons. The van der Waals surface area contributed by atoms with Crippen LogP contribution >= 0.6 is 0 Å². The van der Waals surface area contributed by atoms with Gasteiger partial charge in [-0.3, -0.25) is 9.69 Å². The van der Waals surface area contributed by atoms with Crippen LogP contribution in [0.3, 0.4) is 0 Å². The lowest BCUT2D eigenvalue weighted by molar-refractivity contribution is 0.221. The topological polar surface area (TPSA) is 87.9 Å². The predicted molar refractivity (Wildman–Crippen MR) is 82.4 cm³/mol. The number of nitrogens with one attached hydrogen (secondary N) is 1. The first-order valence-corrected chi connectivity index (χ1v) is 7.42. The van der Waals surface area contributed by atoms with Crippen LogP contribution in [0.5, 0.6) is 0 Å². The fourth-order valence-electron chi connectivity index (χ4n) is 2.81. The minimum Gasteiger partial charge on any atom is -0.468 e. The lowest BCUT2D eigenvalue weighted by Crippen LogP contribution is -2.35. The lowest BCUT2D eigenvalue weighted by Gasteiger charge is -2.26. The van der Waals surface area contributed by atoms with Crippen molar-refractivity contribution in [2.45, 2.75) is 19.5 Å². The van der Waals surface area contributed by atoms with Gasteiger partial charge >= 0.3 is 0 Å². The summed E-state index contributed by atoms with van der Waals surface area (Å²) in [5.74, 6) is 1.42. The summed E-state index contributed by atoms with van der Waals surface area (Å²) in [7, 11) is 0. The van der Waals surface area contributed by atoms with Crippen molar-refractivity contribution in [2.24, 2.45) is 0 Å². The van der Waals surface area contributed by atoms with E-state index in [0.29, 0.717) is 30.9 Å². The molecular formula is C16H15N5O2. The van der Waals surface area contributed by atoms with E-state index in [4.69, 9.17) is 4.42 Å². The van der Waals surface area contributed by atoms with E-state index in [1.807, 2.05) is 12.1 Å². The van der Waals surface area contributed by atoms with E-state index in [0.717, 1.165) is 23.6 Å². The molecule has 0 saturated heterocycles. The van der Waals surface area contributed by atoms with Gasteiger partial charge in [0.05, 0.1) is 24.1 Å². The van der Waals surface area contributed by atoms with Gasteiger partial charge in [-0.25, -0.2) is 15.0 Å². The molecule has 0 aromatic carbocycles. The Hall–Kier alpha value is -2.80. The van der Waals surface area contributed by atoms with Gasteiger partial charge < -0.3 is 9.40 Å². The third-order valence-electron chi connectivity index (χ3n) is 3.95. The highest BCUT2D eigenvalue weighted by atomic mass is 16.3. The van der Waals surface area contributed by atoms with Gasteiger partial charge in [-0.2, -0.15) is 0 Å². The van der Waals surface area contributed by atoms with E-state index in [1.54, 1.807) is 18.7 Å². The average molecular weight is 309 g/mol. The Balaban J connectivity index is 1.64. The highest BCUT2D eigenvalue weighted by Crippen LogP contribution is 2.19. The Bertz CT molecular complexity index is 858. The molecule has 0 spiro atoms. The quantitative estimate of drug-likeness (QED) is 0.786. The van der Waals surface area contributed by atoms with Crippen molar-refractivity contribution >= 4 is 0 Å². The van der Waals surface area contributed by atoms with Crippen LogP contribution in [0.25, 0.3) is 11.4 Å². The van der Waals surface area contributed by atoms with Crippen molar-refractivity contribution in [1.29, 1.82) is 0 Å². The van der Waals surface area contributed by atoms with Gasteiger partial charge in [0.2, 0.25) is 0 Å². The summed E-state index contributed by atoms with van der Waals surface area (Å²) >= 11 is 0. The summed E-state index contributed by atoms with van der Waals surface area (Å²) < 4.78 is 5.39. The van der Waals surface area contributed by atoms with Crippen LogP contribution in [-0.2, 0) is 19.5 Å². The first kappa shape index (κ1) is 13.8. The molecule has 7 heteroatoms. The summed E-state index contributed by atoms with van der Waals surface area (Å²) in [6.45, 7) is 2.15. The monoisotopic (exact) mass is 309 g/mol.